The maximum absolute atomic E-state index is 5.99. The molecule has 2 aliphatic rings. The van der Waals surface area contributed by atoms with Gasteiger partial charge in [-0.05, 0) is 68.2 Å². The van der Waals surface area contributed by atoms with Crippen LogP contribution in [0.4, 0.5) is 0 Å². The van der Waals surface area contributed by atoms with E-state index < -0.39 is 0 Å². The average molecular weight is 334 g/mol. The van der Waals surface area contributed by atoms with Gasteiger partial charge in [-0.3, -0.25) is 4.98 Å². The number of aromatic nitrogens is 3. The molecule has 2 heterocycles. The van der Waals surface area contributed by atoms with Crippen molar-refractivity contribution in [2.24, 2.45) is 11.1 Å². The van der Waals surface area contributed by atoms with E-state index in [0.717, 1.165) is 35.2 Å². The third-order valence-electron chi connectivity index (χ3n) is 6.09. The zero-order valence-corrected chi connectivity index (χ0v) is 14.2. The first-order chi connectivity index (χ1) is 12.2. The Morgan fingerprint density at radius 1 is 1.12 bits per heavy atom. The van der Waals surface area contributed by atoms with Gasteiger partial charge in [0.15, 0.2) is 0 Å². The Balaban J connectivity index is 1.34. The summed E-state index contributed by atoms with van der Waals surface area (Å²) in [5, 5.41) is 5.31. The van der Waals surface area contributed by atoms with E-state index in [0.29, 0.717) is 23.2 Å². The number of rotatable bonds is 2. The highest BCUT2D eigenvalue weighted by molar-refractivity contribution is 5.82. The molecule has 2 aliphatic carbocycles. The number of nitrogens with two attached hydrogens (primary N) is 1. The lowest BCUT2D eigenvalue weighted by Gasteiger charge is -2.50. The van der Waals surface area contributed by atoms with Crippen molar-refractivity contribution in [3.63, 3.8) is 0 Å². The molecule has 0 bridgehead atoms. The predicted octanol–water partition coefficient (Wildman–Crippen LogP) is 4.05. The summed E-state index contributed by atoms with van der Waals surface area (Å²) in [6.45, 7) is 0. The Morgan fingerprint density at radius 3 is 2.76 bits per heavy atom. The molecule has 0 unspecified atom stereocenters. The minimum absolute atomic E-state index is 0.394. The van der Waals surface area contributed by atoms with Gasteiger partial charge < -0.3 is 10.3 Å². The Morgan fingerprint density at radius 2 is 1.96 bits per heavy atom. The summed E-state index contributed by atoms with van der Waals surface area (Å²) in [5.74, 6) is 1.86. The number of hydrogen-bond donors (Lipinski definition) is 1. The summed E-state index contributed by atoms with van der Waals surface area (Å²) in [6.07, 6.45) is 8.95. The number of nitrogens with zero attached hydrogens (tertiary/aromatic N) is 3. The fourth-order valence-electron chi connectivity index (χ4n) is 4.67. The van der Waals surface area contributed by atoms with Crippen LogP contribution in [-0.2, 0) is 0 Å². The van der Waals surface area contributed by atoms with E-state index in [4.69, 9.17) is 15.2 Å². The van der Waals surface area contributed by atoms with Crippen molar-refractivity contribution in [1.82, 2.24) is 15.1 Å². The summed E-state index contributed by atoms with van der Waals surface area (Å²) in [7, 11) is 0. The average Bonchev–Trinajstić information content (AvgIpc) is 3.11. The van der Waals surface area contributed by atoms with Crippen molar-refractivity contribution < 1.29 is 4.52 Å². The van der Waals surface area contributed by atoms with Gasteiger partial charge in [-0.2, -0.15) is 4.98 Å². The number of fused-ring (bicyclic) bond motifs is 1. The molecule has 0 amide bonds. The highest BCUT2D eigenvalue weighted by Gasteiger charge is 2.45. The van der Waals surface area contributed by atoms with Crippen LogP contribution < -0.4 is 5.73 Å². The van der Waals surface area contributed by atoms with E-state index >= 15 is 0 Å². The topological polar surface area (TPSA) is 77.8 Å². The maximum Gasteiger partial charge on any atom is 0.230 e. The molecule has 2 fully saturated rings. The fourth-order valence-corrected chi connectivity index (χ4v) is 4.67. The van der Waals surface area contributed by atoms with E-state index in [1.165, 1.54) is 25.7 Å². The molecule has 2 N–H and O–H groups in total. The quantitative estimate of drug-likeness (QED) is 0.765. The van der Waals surface area contributed by atoms with E-state index in [1.54, 1.807) is 6.20 Å². The first-order valence-corrected chi connectivity index (χ1v) is 9.15. The predicted molar refractivity (Wildman–Crippen MR) is 95.9 cm³/mol. The summed E-state index contributed by atoms with van der Waals surface area (Å²) in [6, 6.07) is 10.5. The molecule has 5 rings (SSSR count). The van der Waals surface area contributed by atoms with Crippen LogP contribution >= 0.6 is 0 Å². The molecule has 1 spiro atoms. The van der Waals surface area contributed by atoms with Crippen LogP contribution in [0.3, 0.4) is 0 Å². The lowest BCUT2D eigenvalue weighted by atomic mass is 9.57. The molecule has 0 radical (unpaired) electrons. The van der Waals surface area contributed by atoms with Crippen molar-refractivity contribution >= 4 is 10.9 Å². The van der Waals surface area contributed by atoms with Gasteiger partial charge in [0, 0.05) is 29.1 Å². The smallest absolute Gasteiger partial charge is 0.230 e. The SMILES string of the molecule is NC1CC2(CCC(c3nc(-c4ccc5ncccc5c4)no3)CC2)C1. The molecule has 0 atom stereocenters. The molecule has 1 aromatic carbocycles. The van der Waals surface area contributed by atoms with Crippen molar-refractivity contribution in [2.45, 2.75) is 50.5 Å². The standard InChI is InChI=1S/C20H22N4O/c21-16-11-20(12-16)7-5-13(6-8-20)19-23-18(24-25-19)15-3-4-17-14(10-15)2-1-9-22-17/h1-4,9-10,13,16H,5-8,11-12,21H2. The van der Waals surface area contributed by atoms with Gasteiger partial charge >= 0.3 is 0 Å². The lowest BCUT2D eigenvalue weighted by Crippen LogP contribution is -2.47. The molecule has 0 aliphatic heterocycles. The molecule has 5 nitrogen and oxygen atoms in total. The second-order valence-electron chi connectivity index (χ2n) is 7.81. The molecule has 2 aromatic heterocycles. The zero-order valence-electron chi connectivity index (χ0n) is 14.2. The van der Waals surface area contributed by atoms with Gasteiger partial charge in [0.05, 0.1) is 5.52 Å². The Kier molecular flexibility index (Phi) is 3.38. The number of hydrogen-bond acceptors (Lipinski definition) is 5. The molecule has 25 heavy (non-hydrogen) atoms. The molecule has 0 saturated heterocycles. The second-order valence-corrected chi connectivity index (χ2v) is 7.81. The van der Waals surface area contributed by atoms with E-state index in [9.17, 15) is 0 Å². The van der Waals surface area contributed by atoms with Gasteiger partial charge in [0.2, 0.25) is 11.7 Å². The Bertz CT molecular complexity index is 903. The molecular weight excluding hydrogens is 312 g/mol. The van der Waals surface area contributed by atoms with Crippen molar-refractivity contribution in [3.8, 4) is 11.4 Å². The minimum Gasteiger partial charge on any atom is -0.339 e. The third-order valence-corrected chi connectivity index (χ3v) is 6.09. The van der Waals surface area contributed by atoms with Crippen molar-refractivity contribution in [2.75, 3.05) is 0 Å². The van der Waals surface area contributed by atoms with Gasteiger partial charge in [-0.1, -0.05) is 11.2 Å². The summed E-state index contributed by atoms with van der Waals surface area (Å²) < 4.78 is 5.61. The van der Waals surface area contributed by atoms with Crippen LogP contribution in [0.2, 0.25) is 0 Å². The monoisotopic (exact) mass is 334 g/mol. The molecular formula is C20H22N4O. The minimum atomic E-state index is 0.394. The summed E-state index contributed by atoms with van der Waals surface area (Å²) in [4.78, 5) is 9.05. The van der Waals surface area contributed by atoms with Crippen molar-refractivity contribution in [3.05, 3.63) is 42.4 Å². The molecule has 5 heteroatoms. The van der Waals surface area contributed by atoms with E-state index in [2.05, 4.69) is 22.3 Å². The number of pyridine rings is 1. The Hall–Kier alpha value is -2.27. The van der Waals surface area contributed by atoms with Gasteiger partial charge in [-0.25, -0.2) is 0 Å². The van der Waals surface area contributed by atoms with Crippen LogP contribution in [0.5, 0.6) is 0 Å². The highest BCUT2D eigenvalue weighted by Crippen LogP contribution is 2.53. The van der Waals surface area contributed by atoms with Gasteiger partial charge in [-0.15, -0.1) is 0 Å². The highest BCUT2D eigenvalue weighted by atomic mass is 16.5. The maximum atomic E-state index is 5.99. The van der Waals surface area contributed by atoms with E-state index in [1.807, 2.05) is 18.2 Å². The third kappa shape index (κ3) is 2.63. The van der Waals surface area contributed by atoms with Crippen LogP contribution in [-0.4, -0.2) is 21.2 Å². The van der Waals surface area contributed by atoms with Crippen LogP contribution in [0.15, 0.2) is 41.1 Å². The molecule has 2 saturated carbocycles. The zero-order chi connectivity index (χ0) is 16.9. The first-order valence-electron chi connectivity index (χ1n) is 9.15. The van der Waals surface area contributed by atoms with E-state index in [-0.39, 0.29) is 0 Å². The summed E-state index contributed by atoms with van der Waals surface area (Å²) >= 11 is 0. The summed E-state index contributed by atoms with van der Waals surface area (Å²) in [5.41, 5.74) is 8.47. The van der Waals surface area contributed by atoms with Crippen LogP contribution in [0, 0.1) is 5.41 Å². The van der Waals surface area contributed by atoms with Gasteiger partial charge in [0.25, 0.3) is 0 Å². The Labute approximate surface area is 146 Å². The normalized spacial score (nSPS) is 29.0. The fraction of sp³-hybridized carbons (Fsp3) is 0.450. The van der Waals surface area contributed by atoms with Crippen LogP contribution in [0.1, 0.15) is 50.3 Å². The molecule has 3 aromatic rings. The van der Waals surface area contributed by atoms with Crippen molar-refractivity contribution in [1.29, 1.82) is 0 Å². The van der Waals surface area contributed by atoms with Crippen LogP contribution in [0.25, 0.3) is 22.3 Å². The largest absolute Gasteiger partial charge is 0.339 e. The van der Waals surface area contributed by atoms with Gasteiger partial charge in [0.1, 0.15) is 0 Å². The number of benzene rings is 1. The second kappa shape index (κ2) is 5.63. The first kappa shape index (κ1) is 15.0. The lowest BCUT2D eigenvalue weighted by molar-refractivity contribution is 0.0443. The molecule has 128 valence electrons.